The van der Waals surface area contributed by atoms with Crippen LogP contribution in [-0.4, -0.2) is 31.1 Å². The van der Waals surface area contributed by atoms with Crippen molar-refractivity contribution in [2.24, 2.45) is 5.92 Å². The Morgan fingerprint density at radius 2 is 2.10 bits per heavy atom. The topological polar surface area (TPSA) is 37.4 Å². The minimum Gasteiger partial charge on any atom is -0.207 e. The Labute approximate surface area is 130 Å². The molecule has 0 spiro atoms. The maximum Gasteiger partial charge on any atom is 0.243 e. The van der Waals surface area contributed by atoms with Crippen LogP contribution in [0.4, 0.5) is 0 Å². The molecule has 0 amide bonds. The summed E-state index contributed by atoms with van der Waals surface area (Å²) in [6, 6.07) is 5.56. The number of aryl methyl sites for hydroxylation is 2. The van der Waals surface area contributed by atoms with E-state index in [1.807, 2.05) is 26.0 Å². The van der Waals surface area contributed by atoms with Crippen molar-refractivity contribution in [2.45, 2.75) is 38.0 Å². The van der Waals surface area contributed by atoms with E-state index in [0.717, 1.165) is 35.7 Å². The third-order valence-corrected chi connectivity index (χ3v) is 6.43. The van der Waals surface area contributed by atoms with Crippen molar-refractivity contribution < 1.29 is 8.42 Å². The average Bonchev–Trinajstić information content (AvgIpc) is 2.39. The van der Waals surface area contributed by atoms with Gasteiger partial charge in [-0.1, -0.05) is 33.6 Å². The van der Waals surface area contributed by atoms with Gasteiger partial charge in [0.2, 0.25) is 10.0 Å². The first-order valence-corrected chi connectivity index (χ1v) is 9.64. The molecular weight excluding hydrogens is 338 g/mol. The van der Waals surface area contributed by atoms with Gasteiger partial charge in [-0.2, -0.15) is 4.31 Å². The fourth-order valence-electron chi connectivity index (χ4n) is 2.86. The lowest BCUT2D eigenvalue weighted by Gasteiger charge is -2.32. The Bertz CT molecular complexity index is 569. The molecule has 0 N–H and O–H groups in total. The van der Waals surface area contributed by atoms with Gasteiger partial charge in [0.1, 0.15) is 0 Å². The van der Waals surface area contributed by atoms with Gasteiger partial charge < -0.3 is 0 Å². The van der Waals surface area contributed by atoms with Crippen LogP contribution in [0.1, 0.15) is 30.4 Å². The third kappa shape index (κ3) is 3.43. The minimum absolute atomic E-state index is 0.461. The van der Waals surface area contributed by atoms with Crippen molar-refractivity contribution >= 4 is 26.0 Å². The minimum atomic E-state index is -3.34. The average molecular weight is 360 g/mol. The summed E-state index contributed by atoms with van der Waals surface area (Å²) in [4.78, 5) is 0.461. The van der Waals surface area contributed by atoms with Crippen LogP contribution in [-0.2, 0) is 10.0 Å². The van der Waals surface area contributed by atoms with Gasteiger partial charge in [0.25, 0.3) is 0 Å². The summed E-state index contributed by atoms with van der Waals surface area (Å²) >= 11 is 3.45. The Hall–Kier alpha value is -0.390. The van der Waals surface area contributed by atoms with Crippen molar-refractivity contribution in [1.29, 1.82) is 0 Å². The van der Waals surface area contributed by atoms with Crippen molar-refractivity contribution in [3.05, 3.63) is 29.3 Å². The summed E-state index contributed by atoms with van der Waals surface area (Å²) in [5, 5.41) is 0.940. The zero-order valence-electron chi connectivity index (χ0n) is 12.1. The zero-order valence-corrected chi connectivity index (χ0v) is 14.5. The number of benzene rings is 1. The lowest BCUT2D eigenvalue weighted by atomic mass is 9.97. The second-order valence-corrected chi connectivity index (χ2v) is 8.32. The summed E-state index contributed by atoms with van der Waals surface area (Å²) in [6.07, 6.45) is 3.13. The predicted molar refractivity (Wildman–Crippen MR) is 85.8 cm³/mol. The van der Waals surface area contributed by atoms with Gasteiger partial charge >= 0.3 is 0 Å². The molecule has 0 aromatic heterocycles. The molecule has 2 rings (SSSR count). The fraction of sp³-hybridized carbons (Fsp3) is 0.600. The number of sulfonamides is 1. The van der Waals surface area contributed by atoms with Gasteiger partial charge in [0.15, 0.2) is 0 Å². The molecule has 0 radical (unpaired) electrons. The van der Waals surface area contributed by atoms with E-state index in [1.165, 1.54) is 0 Å². The van der Waals surface area contributed by atoms with Gasteiger partial charge in [0, 0.05) is 18.4 Å². The molecule has 20 heavy (non-hydrogen) atoms. The third-order valence-electron chi connectivity index (χ3n) is 3.95. The zero-order chi connectivity index (χ0) is 14.8. The lowest BCUT2D eigenvalue weighted by molar-refractivity contribution is 0.263. The predicted octanol–water partition coefficient (Wildman–Crippen LogP) is 3.49. The molecule has 1 saturated heterocycles. The SMILES string of the molecule is Cc1ccc(S(=O)(=O)N2CCCC(CCBr)C2)c(C)c1. The number of nitrogens with zero attached hydrogens (tertiary/aromatic N) is 1. The van der Waals surface area contributed by atoms with Crippen LogP contribution in [0.5, 0.6) is 0 Å². The van der Waals surface area contributed by atoms with E-state index in [0.29, 0.717) is 23.9 Å². The molecule has 1 fully saturated rings. The Morgan fingerprint density at radius 1 is 1.35 bits per heavy atom. The first-order chi connectivity index (χ1) is 9.45. The number of halogens is 1. The summed E-state index contributed by atoms with van der Waals surface area (Å²) in [7, 11) is -3.34. The molecular formula is C15H22BrNO2S. The standard InChI is InChI=1S/C15H22BrNO2S/c1-12-5-6-15(13(2)10-12)20(18,19)17-9-3-4-14(11-17)7-8-16/h5-6,10,14H,3-4,7-9,11H2,1-2H3. The summed E-state index contributed by atoms with van der Waals surface area (Å²) in [5.41, 5.74) is 1.94. The number of alkyl halides is 1. The van der Waals surface area contributed by atoms with Crippen LogP contribution in [0.25, 0.3) is 0 Å². The summed E-state index contributed by atoms with van der Waals surface area (Å²) < 4.78 is 27.2. The molecule has 1 heterocycles. The van der Waals surface area contributed by atoms with Gasteiger partial charge in [-0.15, -0.1) is 0 Å². The highest BCUT2D eigenvalue weighted by Gasteiger charge is 2.30. The number of piperidine rings is 1. The van der Waals surface area contributed by atoms with Gasteiger partial charge in [-0.25, -0.2) is 8.42 Å². The van der Waals surface area contributed by atoms with Crippen LogP contribution >= 0.6 is 15.9 Å². The molecule has 0 bridgehead atoms. The lowest BCUT2D eigenvalue weighted by Crippen LogP contribution is -2.40. The molecule has 1 atom stereocenters. The van der Waals surface area contributed by atoms with Crippen LogP contribution in [0.2, 0.25) is 0 Å². The van der Waals surface area contributed by atoms with Crippen molar-refractivity contribution in [1.82, 2.24) is 4.31 Å². The smallest absolute Gasteiger partial charge is 0.207 e. The van der Waals surface area contributed by atoms with Crippen molar-refractivity contribution in [3.63, 3.8) is 0 Å². The Kier molecular flexibility index (Phi) is 5.26. The molecule has 5 heteroatoms. The second-order valence-electron chi connectivity index (χ2n) is 5.62. The largest absolute Gasteiger partial charge is 0.243 e. The quantitative estimate of drug-likeness (QED) is 0.771. The van der Waals surface area contributed by atoms with Crippen molar-refractivity contribution in [2.75, 3.05) is 18.4 Å². The van der Waals surface area contributed by atoms with Crippen LogP contribution in [0.15, 0.2) is 23.1 Å². The normalized spacial score (nSPS) is 21.1. The monoisotopic (exact) mass is 359 g/mol. The van der Waals surface area contributed by atoms with E-state index >= 15 is 0 Å². The van der Waals surface area contributed by atoms with Crippen LogP contribution in [0, 0.1) is 19.8 Å². The van der Waals surface area contributed by atoms with E-state index in [9.17, 15) is 8.42 Å². The van der Waals surface area contributed by atoms with E-state index in [1.54, 1.807) is 10.4 Å². The molecule has 1 unspecified atom stereocenters. The van der Waals surface area contributed by atoms with Gasteiger partial charge in [-0.3, -0.25) is 0 Å². The van der Waals surface area contributed by atoms with E-state index < -0.39 is 10.0 Å². The number of hydrogen-bond donors (Lipinski definition) is 0. The fourth-order valence-corrected chi connectivity index (χ4v) is 5.27. The van der Waals surface area contributed by atoms with E-state index in [2.05, 4.69) is 15.9 Å². The highest BCUT2D eigenvalue weighted by atomic mass is 79.9. The summed E-state index contributed by atoms with van der Waals surface area (Å²) in [5.74, 6) is 0.476. The van der Waals surface area contributed by atoms with E-state index in [4.69, 9.17) is 0 Å². The molecule has 1 aliphatic rings. The molecule has 3 nitrogen and oxygen atoms in total. The maximum absolute atomic E-state index is 12.8. The molecule has 1 aromatic rings. The highest BCUT2D eigenvalue weighted by Crippen LogP contribution is 2.27. The van der Waals surface area contributed by atoms with E-state index in [-0.39, 0.29) is 0 Å². The molecule has 1 aromatic carbocycles. The Morgan fingerprint density at radius 3 is 2.75 bits per heavy atom. The molecule has 1 aliphatic heterocycles. The first-order valence-electron chi connectivity index (χ1n) is 7.08. The molecule has 112 valence electrons. The van der Waals surface area contributed by atoms with Crippen LogP contribution < -0.4 is 0 Å². The number of rotatable bonds is 4. The molecule has 0 saturated carbocycles. The van der Waals surface area contributed by atoms with Crippen molar-refractivity contribution in [3.8, 4) is 0 Å². The highest BCUT2D eigenvalue weighted by molar-refractivity contribution is 9.09. The summed E-state index contributed by atoms with van der Waals surface area (Å²) in [6.45, 7) is 5.16. The van der Waals surface area contributed by atoms with Crippen LogP contribution in [0.3, 0.4) is 0 Å². The second kappa shape index (κ2) is 6.58. The van der Waals surface area contributed by atoms with Gasteiger partial charge in [-0.05, 0) is 50.7 Å². The van der Waals surface area contributed by atoms with Gasteiger partial charge in [0.05, 0.1) is 4.90 Å². The number of hydrogen-bond acceptors (Lipinski definition) is 2. The molecule has 0 aliphatic carbocycles. The first kappa shape index (κ1) is 16.0. The Balaban J connectivity index is 2.25. The maximum atomic E-state index is 12.8.